The Labute approximate surface area is 313 Å². The van der Waals surface area contributed by atoms with Gasteiger partial charge in [-0.25, -0.2) is 4.79 Å². The summed E-state index contributed by atoms with van der Waals surface area (Å²) in [6.45, 7) is 14.2. The van der Waals surface area contributed by atoms with Gasteiger partial charge < -0.3 is 43.7 Å². The van der Waals surface area contributed by atoms with Gasteiger partial charge in [0.1, 0.15) is 18.0 Å². The number of likely N-dealkylation sites (tertiary alicyclic amines) is 1. The second kappa shape index (κ2) is 14.4. The minimum Gasteiger partial charge on any atom is -0.481 e. The Hall–Kier alpha value is -3.87. The quantitative estimate of drug-likeness (QED) is 0.232. The van der Waals surface area contributed by atoms with Crippen LogP contribution >= 0.6 is 0 Å². The van der Waals surface area contributed by atoms with Crippen LogP contribution in [0.2, 0.25) is 0 Å². The van der Waals surface area contributed by atoms with E-state index in [2.05, 4.69) is 30.1 Å². The number of carbonyl (C=O) groups is 3. The molecule has 53 heavy (non-hydrogen) atoms. The van der Waals surface area contributed by atoms with Gasteiger partial charge in [0, 0.05) is 58.1 Å². The zero-order valence-corrected chi connectivity index (χ0v) is 32.3. The average molecular weight is 733 g/mol. The van der Waals surface area contributed by atoms with Crippen LogP contribution in [0, 0.1) is 11.8 Å². The third kappa shape index (κ3) is 7.47. The van der Waals surface area contributed by atoms with Gasteiger partial charge in [0.05, 0.1) is 29.7 Å². The number of epoxide rings is 1. The zero-order valence-electron chi connectivity index (χ0n) is 32.3. The number of hydrogen-bond acceptors (Lipinski definition) is 9. The molecule has 3 amide bonds. The molecule has 2 aromatic rings. The van der Waals surface area contributed by atoms with Gasteiger partial charge in [-0.2, -0.15) is 0 Å². The smallest absolute Gasteiger partial charge is 0.410 e. The predicted molar refractivity (Wildman–Crippen MR) is 200 cm³/mol. The topological polar surface area (TPSA) is 122 Å². The average Bonchev–Trinajstić information content (AvgIpc) is 4.05. The first kappa shape index (κ1) is 37.4. The zero-order chi connectivity index (χ0) is 37.7. The summed E-state index contributed by atoms with van der Waals surface area (Å²) in [5, 5.41) is 3.28. The summed E-state index contributed by atoms with van der Waals surface area (Å²) in [5.74, 6) is -0.797. The van der Waals surface area contributed by atoms with Gasteiger partial charge in [-0.1, -0.05) is 24.3 Å². The monoisotopic (exact) mass is 732 g/mol. The first-order valence-electron chi connectivity index (χ1n) is 19.3. The van der Waals surface area contributed by atoms with Crippen molar-refractivity contribution in [2.75, 3.05) is 56.4 Å². The molecular formula is C41H56N4O8. The fraction of sp³-hybridized carbons (Fsp3) is 0.634. The lowest BCUT2D eigenvalue weighted by atomic mass is 9.87. The van der Waals surface area contributed by atoms with Crippen molar-refractivity contribution in [2.24, 2.45) is 11.8 Å². The van der Waals surface area contributed by atoms with Crippen molar-refractivity contribution in [2.45, 2.75) is 109 Å². The van der Waals surface area contributed by atoms with E-state index in [1.54, 1.807) is 12.0 Å². The molecule has 5 atom stereocenters. The second-order valence-electron chi connectivity index (χ2n) is 16.7. The maximum absolute atomic E-state index is 14.9. The second-order valence-corrected chi connectivity index (χ2v) is 16.7. The van der Waals surface area contributed by atoms with Gasteiger partial charge in [-0.3, -0.25) is 9.59 Å². The van der Waals surface area contributed by atoms with E-state index in [9.17, 15) is 14.4 Å². The van der Waals surface area contributed by atoms with Crippen molar-refractivity contribution >= 4 is 29.3 Å². The molecule has 1 N–H and O–H groups in total. The Morgan fingerprint density at radius 1 is 1.06 bits per heavy atom. The minimum atomic E-state index is -0.734. The molecule has 7 rings (SSSR count). The minimum absolute atomic E-state index is 0.0284. The van der Waals surface area contributed by atoms with Crippen LogP contribution in [0.5, 0.6) is 5.75 Å². The maximum atomic E-state index is 14.9. The Balaban J connectivity index is 1.17. The number of nitrogens with one attached hydrogen (secondary N) is 1. The lowest BCUT2D eigenvalue weighted by molar-refractivity contribution is -0.131. The van der Waals surface area contributed by atoms with E-state index >= 15 is 0 Å². The SMILES string of the molecule is CCO[C@@H]1Cc2ccccc2[C@@H]1NC(=O)[C@H]1C[C@@H](C(=O)N(c2ccc3c(c2)N(CCCOC)C2(CO2)C(C)(C)O3)C2CC2)CN(C(=O)OC(C)(C)C)C1. The van der Waals surface area contributed by atoms with Crippen LogP contribution < -0.4 is 19.9 Å². The molecule has 2 saturated heterocycles. The molecule has 5 aliphatic rings. The van der Waals surface area contributed by atoms with Crippen LogP contribution in [-0.2, 0) is 35.0 Å². The number of anilines is 2. The number of rotatable bonds is 11. The summed E-state index contributed by atoms with van der Waals surface area (Å²) in [7, 11) is 1.70. The molecule has 288 valence electrons. The molecule has 2 aromatic carbocycles. The highest BCUT2D eigenvalue weighted by Crippen LogP contribution is 2.54. The van der Waals surface area contributed by atoms with Gasteiger partial charge in [-0.05, 0) is 96.6 Å². The van der Waals surface area contributed by atoms with Crippen LogP contribution in [0.15, 0.2) is 42.5 Å². The van der Waals surface area contributed by atoms with Gasteiger partial charge in [0.15, 0.2) is 5.60 Å². The van der Waals surface area contributed by atoms with Crippen molar-refractivity contribution in [3.8, 4) is 5.75 Å². The Kier molecular flexibility index (Phi) is 10.2. The number of fused-ring (bicyclic) bond motifs is 2. The van der Waals surface area contributed by atoms with Crippen molar-refractivity contribution < 1.29 is 38.1 Å². The summed E-state index contributed by atoms with van der Waals surface area (Å²) in [4.78, 5) is 48.4. The normalized spacial score (nSPS) is 27.1. The molecule has 0 bridgehead atoms. The first-order valence-corrected chi connectivity index (χ1v) is 19.3. The standard InChI is InChI=1S/C41H56N4O8/c1-8-50-34-21-26-12-9-10-13-31(26)35(34)42-36(46)27-20-28(24-43(23-27)38(48)53-39(2,3)4)37(47)45(29-14-15-29)30-16-17-33-32(22-30)44(18-11-19-49-7)41(25-51-41)40(5,6)52-33/h9-10,12-13,16-17,22,27-29,34-35H,8,11,14-15,18-21,23-25H2,1-7H3,(H,42,46)/t27-,28+,34+,35-,41?/m0/s1. The van der Waals surface area contributed by atoms with E-state index in [-0.39, 0.29) is 43.1 Å². The Morgan fingerprint density at radius 2 is 1.79 bits per heavy atom. The van der Waals surface area contributed by atoms with E-state index in [0.29, 0.717) is 39.2 Å². The summed E-state index contributed by atoms with van der Waals surface area (Å²) < 4.78 is 29.9. The summed E-state index contributed by atoms with van der Waals surface area (Å²) in [6, 6.07) is 13.7. The lowest BCUT2D eigenvalue weighted by Crippen LogP contribution is -2.60. The number of piperidine rings is 1. The molecule has 3 aliphatic heterocycles. The van der Waals surface area contributed by atoms with E-state index in [1.807, 2.05) is 69.0 Å². The number of methoxy groups -OCH3 is 1. The van der Waals surface area contributed by atoms with Crippen molar-refractivity contribution in [1.29, 1.82) is 0 Å². The van der Waals surface area contributed by atoms with Gasteiger partial charge >= 0.3 is 6.09 Å². The molecule has 1 unspecified atom stereocenters. The molecule has 3 fully saturated rings. The van der Waals surface area contributed by atoms with E-state index in [0.717, 1.165) is 47.5 Å². The highest BCUT2D eigenvalue weighted by atomic mass is 16.7. The molecule has 3 heterocycles. The highest BCUT2D eigenvalue weighted by molar-refractivity contribution is 5.98. The van der Waals surface area contributed by atoms with Crippen molar-refractivity contribution in [3.05, 3.63) is 53.6 Å². The molecule has 12 heteroatoms. The summed E-state index contributed by atoms with van der Waals surface area (Å²) in [6.07, 6.45) is 2.86. The van der Waals surface area contributed by atoms with E-state index in [1.165, 1.54) is 0 Å². The molecule has 2 aliphatic carbocycles. The fourth-order valence-corrected chi connectivity index (χ4v) is 8.43. The van der Waals surface area contributed by atoms with Gasteiger partial charge in [0.25, 0.3) is 0 Å². The van der Waals surface area contributed by atoms with Crippen molar-refractivity contribution in [3.63, 3.8) is 0 Å². The van der Waals surface area contributed by atoms with E-state index < -0.39 is 34.9 Å². The predicted octanol–water partition coefficient (Wildman–Crippen LogP) is 5.61. The number of amides is 3. The largest absolute Gasteiger partial charge is 0.481 e. The molecular weight excluding hydrogens is 676 g/mol. The van der Waals surface area contributed by atoms with Crippen LogP contribution in [0.25, 0.3) is 0 Å². The highest BCUT2D eigenvalue weighted by Gasteiger charge is 2.65. The molecule has 0 aromatic heterocycles. The summed E-state index contributed by atoms with van der Waals surface area (Å²) >= 11 is 0. The third-order valence-corrected chi connectivity index (χ3v) is 11.2. The molecule has 0 radical (unpaired) electrons. The molecule has 12 nitrogen and oxygen atoms in total. The lowest BCUT2D eigenvalue weighted by Gasteiger charge is -2.47. The Morgan fingerprint density at radius 3 is 2.47 bits per heavy atom. The van der Waals surface area contributed by atoms with Crippen LogP contribution in [0.4, 0.5) is 16.2 Å². The number of carbonyl (C=O) groups excluding carboxylic acids is 3. The van der Waals surface area contributed by atoms with Gasteiger partial charge in [0.2, 0.25) is 17.5 Å². The van der Waals surface area contributed by atoms with Gasteiger partial charge in [-0.15, -0.1) is 0 Å². The first-order chi connectivity index (χ1) is 25.2. The number of ether oxygens (including phenoxy) is 5. The number of hydrogen-bond donors (Lipinski definition) is 1. The summed E-state index contributed by atoms with van der Waals surface area (Å²) in [5.41, 5.74) is 1.93. The van der Waals surface area contributed by atoms with Crippen LogP contribution in [-0.4, -0.2) is 98.4 Å². The maximum Gasteiger partial charge on any atom is 0.410 e. The third-order valence-electron chi connectivity index (χ3n) is 11.2. The van der Waals surface area contributed by atoms with Crippen LogP contribution in [0.1, 0.15) is 84.4 Å². The molecule has 1 spiro atoms. The molecule has 1 saturated carbocycles. The van der Waals surface area contributed by atoms with E-state index in [4.69, 9.17) is 23.7 Å². The van der Waals surface area contributed by atoms with Crippen molar-refractivity contribution in [1.82, 2.24) is 10.2 Å². The number of benzene rings is 2. The van der Waals surface area contributed by atoms with Crippen LogP contribution in [0.3, 0.4) is 0 Å². The Bertz CT molecular complexity index is 1700. The fourth-order valence-electron chi connectivity index (χ4n) is 8.43. The number of nitrogens with zero attached hydrogens (tertiary/aromatic N) is 3.